The first-order valence-corrected chi connectivity index (χ1v) is 18.1. The third-order valence-electron chi connectivity index (χ3n) is 8.21. The van der Waals surface area contributed by atoms with Crippen LogP contribution in [0.5, 0.6) is 11.5 Å². The summed E-state index contributed by atoms with van der Waals surface area (Å²) in [5.74, 6) is 21.2. The molecular formula is C46H51NO3. The molecule has 0 spiro atoms. The van der Waals surface area contributed by atoms with Crippen molar-refractivity contribution in [2.75, 3.05) is 20.5 Å². The van der Waals surface area contributed by atoms with Gasteiger partial charge in [0, 0.05) is 30.4 Å². The summed E-state index contributed by atoms with van der Waals surface area (Å²) < 4.78 is 17.7. The van der Waals surface area contributed by atoms with Crippen LogP contribution in [0.3, 0.4) is 0 Å². The minimum absolute atomic E-state index is 0.0852. The van der Waals surface area contributed by atoms with Crippen LogP contribution in [0.4, 0.5) is 0 Å². The molecule has 0 radical (unpaired) electrons. The number of nitrogens with zero attached hydrogens (tertiary/aromatic N) is 1. The lowest BCUT2D eigenvalue weighted by atomic mass is 9.99. The maximum Gasteiger partial charge on any atom is 0.188 e. The smallest absolute Gasteiger partial charge is 0.188 e. The van der Waals surface area contributed by atoms with E-state index >= 15 is 0 Å². The van der Waals surface area contributed by atoms with E-state index in [1.165, 1.54) is 42.4 Å². The zero-order valence-corrected chi connectivity index (χ0v) is 30.6. The molecule has 4 aromatic rings. The van der Waals surface area contributed by atoms with Gasteiger partial charge >= 0.3 is 0 Å². The predicted molar refractivity (Wildman–Crippen MR) is 206 cm³/mol. The Balaban J connectivity index is 1.72. The van der Waals surface area contributed by atoms with Gasteiger partial charge in [-0.1, -0.05) is 118 Å². The van der Waals surface area contributed by atoms with E-state index in [1.807, 2.05) is 36.4 Å². The van der Waals surface area contributed by atoms with Gasteiger partial charge in [-0.3, -0.25) is 0 Å². The molecule has 4 nitrogen and oxygen atoms in total. The van der Waals surface area contributed by atoms with Crippen LogP contribution in [0.2, 0.25) is 0 Å². The van der Waals surface area contributed by atoms with Gasteiger partial charge < -0.3 is 14.2 Å². The lowest BCUT2D eigenvalue weighted by molar-refractivity contribution is 0.0507. The molecule has 0 atom stereocenters. The molecule has 1 heterocycles. The van der Waals surface area contributed by atoms with Gasteiger partial charge in [0.05, 0.1) is 17.7 Å². The van der Waals surface area contributed by atoms with Crippen LogP contribution in [0.1, 0.15) is 122 Å². The Bertz CT molecular complexity index is 1840. The van der Waals surface area contributed by atoms with Crippen LogP contribution in [0.15, 0.2) is 72.8 Å². The maximum absolute atomic E-state index is 6.23. The summed E-state index contributed by atoms with van der Waals surface area (Å²) in [5, 5.41) is 0. The molecule has 0 N–H and O–H groups in total. The van der Waals surface area contributed by atoms with Crippen LogP contribution in [-0.2, 0) is 11.2 Å². The molecule has 0 saturated carbocycles. The molecule has 0 unspecified atom stereocenters. The summed E-state index contributed by atoms with van der Waals surface area (Å²) >= 11 is 0. The number of benzene rings is 3. The summed E-state index contributed by atoms with van der Waals surface area (Å²) in [4.78, 5) is 4.82. The Hall–Kier alpha value is -4.95. The molecule has 3 aromatic carbocycles. The van der Waals surface area contributed by atoms with Crippen molar-refractivity contribution < 1.29 is 14.2 Å². The second kappa shape index (κ2) is 21.2. The molecule has 0 amide bonds. The standard InChI is InChI=1S/C46H51NO3/c1-6-8-10-11-12-14-30-49-45-33-43(28-25-39-22-18-37(4)19-23-39)47-44(34-45)29-27-42-32-40(15-13-9-7-2)31-41(46(42)50-35-48-5)26-24-38-20-16-36(3)17-21-38/h16-23,31-34H,6-15,30,35H2,1-5H3. The highest BCUT2D eigenvalue weighted by atomic mass is 16.7. The van der Waals surface area contributed by atoms with Gasteiger partial charge in [0.1, 0.15) is 17.1 Å². The van der Waals surface area contributed by atoms with E-state index in [0.717, 1.165) is 66.5 Å². The van der Waals surface area contributed by atoms with Crippen molar-refractivity contribution in [3.8, 4) is 47.0 Å². The highest BCUT2D eigenvalue weighted by Gasteiger charge is 2.12. The molecule has 258 valence electrons. The molecule has 0 aliphatic rings. The Morgan fingerprint density at radius 2 is 1.08 bits per heavy atom. The van der Waals surface area contributed by atoms with Crippen LogP contribution >= 0.6 is 0 Å². The Kier molecular flexibility index (Phi) is 16.1. The Morgan fingerprint density at radius 3 is 1.68 bits per heavy atom. The summed E-state index contributed by atoms with van der Waals surface area (Å²) in [6.45, 7) is 9.33. The molecule has 0 bridgehead atoms. The van der Waals surface area contributed by atoms with E-state index in [2.05, 4.69) is 99.6 Å². The zero-order valence-electron chi connectivity index (χ0n) is 30.6. The molecule has 4 rings (SSSR count). The molecule has 0 aliphatic heterocycles. The highest BCUT2D eigenvalue weighted by Crippen LogP contribution is 2.27. The SMILES string of the molecule is CCCCCCCCOc1cc(C#Cc2ccc(C)cc2)nc(C#Cc2cc(CCCCC)cc(C#Cc3ccc(C)cc3)c2OCOC)c1. The number of aryl methyl sites for hydroxylation is 3. The van der Waals surface area contributed by atoms with Crippen LogP contribution < -0.4 is 9.47 Å². The van der Waals surface area contributed by atoms with E-state index in [9.17, 15) is 0 Å². The fourth-order valence-corrected chi connectivity index (χ4v) is 5.34. The number of aromatic nitrogens is 1. The van der Waals surface area contributed by atoms with Gasteiger partial charge in [0.15, 0.2) is 12.5 Å². The molecule has 0 fully saturated rings. The molecule has 0 aliphatic carbocycles. The lowest BCUT2D eigenvalue weighted by Gasteiger charge is -2.12. The summed E-state index contributed by atoms with van der Waals surface area (Å²) in [5.41, 5.74) is 8.18. The first-order valence-electron chi connectivity index (χ1n) is 18.1. The van der Waals surface area contributed by atoms with Gasteiger partial charge in [0.2, 0.25) is 0 Å². The Morgan fingerprint density at radius 1 is 0.560 bits per heavy atom. The quantitative estimate of drug-likeness (QED) is 0.0720. The van der Waals surface area contributed by atoms with Crippen molar-refractivity contribution in [2.24, 2.45) is 0 Å². The van der Waals surface area contributed by atoms with E-state index in [4.69, 9.17) is 19.2 Å². The number of hydrogen-bond acceptors (Lipinski definition) is 4. The molecule has 4 heteroatoms. The molecule has 0 saturated heterocycles. The van der Waals surface area contributed by atoms with Crippen molar-refractivity contribution in [2.45, 2.75) is 91.9 Å². The van der Waals surface area contributed by atoms with Gasteiger partial charge in [-0.05, 0) is 86.9 Å². The van der Waals surface area contributed by atoms with E-state index in [1.54, 1.807) is 7.11 Å². The number of rotatable bonds is 15. The number of pyridine rings is 1. The van der Waals surface area contributed by atoms with Crippen molar-refractivity contribution >= 4 is 0 Å². The number of hydrogen-bond donors (Lipinski definition) is 0. The third-order valence-corrected chi connectivity index (χ3v) is 8.21. The maximum atomic E-state index is 6.23. The predicted octanol–water partition coefficient (Wildman–Crippen LogP) is 10.4. The topological polar surface area (TPSA) is 40.6 Å². The fraction of sp³-hybridized carbons (Fsp3) is 0.370. The second-order valence-corrected chi connectivity index (χ2v) is 12.7. The van der Waals surface area contributed by atoms with Gasteiger partial charge in [-0.15, -0.1) is 0 Å². The normalized spacial score (nSPS) is 10.3. The number of unbranched alkanes of at least 4 members (excludes halogenated alkanes) is 7. The monoisotopic (exact) mass is 665 g/mol. The van der Waals surface area contributed by atoms with Crippen molar-refractivity contribution in [3.63, 3.8) is 0 Å². The fourth-order valence-electron chi connectivity index (χ4n) is 5.34. The van der Waals surface area contributed by atoms with Gasteiger partial charge in [0.25, 0.3) is 0 Å². The molecular weight excluding hydrogens is 615 g/mol. The minimum atomic E-state index is 0.0852. The first-order chi connectivity index (χ1) is 24.5. The first kappa shape index (κ1) is 37.9. The summed E-state index contributed by atoms with van der Waals surface area (Å²) in [7, 11) is 1.61. The van der Waals surface area contributed by atoms with Crippen LogP contribution in [0.25, 0.3) is 0 Å². The largest absolute Gasteiger partial charge is 0.493 e. The van der Waals surface area contributed by atoms with Crippen molar-refractivity contribution in [3.05, 3.63) is 123 Å². The highest BCUT2D eigenvalue weighted by molar-refractivity contribution is 5.61. The number of methoxy groups -OCH3 is 1. The van der Waals surface area contributed by atoms with Crippen molar-refractivity contribution in [1.82, 2.24) is 4.98 Å². The zero-order chi connectivity index (χ0) is 35.4. The molecule has 1 aromatic heterocycles. The molecule has 50 heavy (non-hydrogen) atoms. The summed E-state index contributed by atoms with van der Waals surface area (Å²) in [6, 6.07) is 24.4. The van der Waals surface area contributed by atoms with Gasteiger partial charge in [-0.25, -0.2) is 4.98 Å². The average Bonchev–Trinajstić information content (AvgIpc) is 3.12. The minimum Gasteiger partial charge on any atom is -0.493 e. The Labute approximate surface area is 301 Å². The third kappa shape index (κ3) is 13.2. The van der Waals surface area contributed by atoms with Gasteiger partial charge in [-0.2, -0.15) is 0 Å². The van der Waals surface area contributed by atoms with E-state index in [0.29, 0.717) is 23.7 Å². The average molecular weight is 666 g/mol. The van der Waals surface area contributed by atoms with Crippen LogP contribution in [0, 0.1) is 49.4 Å². The summed E-state index contributed by atoms with van der Waals surface area (Å²) in [6.07, 6.45) is 11.6. The second-order valence-electron chi connectivity index (χ2n) is 12.7. The van der Waals surface area contributed by atoms with E-state index < -0.39 is 0 Å². The van der Waals surface area contributed by atoms with Crippen molar-refractivity contribution in [1.29, 1.82) is 0 Å². The number of ether oxygens (including phenoxy) is 3. The van der Waals surface area contributed by atoms with Crippen LogP contribution in [-0.4, -0.2) is 25.5 Å². The van der Waals surface area contributed by atoms with E-state index in [-0.39, 0.29) is 6.79 Å². The lowest BCUT2D eigenvalue weighted by Crippen LogP contribution is -2.04.